The van der Waals surface area contributed by atoms with Gasteiger partial charge >= 0.3 is 0 Å². The molecule has 4 aliphatic carbocycles. The van der Waals surface area contributed by atoms with Gasteiger partial charge in [0.1, 0.15) is 0 Å². The van der Waals surface area contributed by atoms with Crippen molar-refractivity contribution in [3.8, 4) is 0 Å². The van der Waals surface area contributed by atoms with E-state index in [1.54, 1.807) is 0 Å². The summed E-state index contributed by atoms with van der Waals surface area (Å²) in [5, 5.41) is 0. The maximum absolute atomic E-state index is 2.52. The summed E-state index contributed by atoms with van der Waals surface area (Å²) < 4.78 is 0. The standard InChI is InChI=1S/C12H18/c1-12-6-9-2-3-10(7-12)5-11(4-9)8-12/h2-3,9-11H,4-8H2,1H3. The number of hydrogen-bond donors (Lipinski definition) is 0. The molecular weight excluding hydrogens is 144 g/mol. The average Bonchev–Trinajstić information content (AvgIpc) is 2.14. The second-order valence-electron chi connectivity index (χ2n) is 5.67. The summed E-state index contributed by atoms with van der Waals surface area (Å²) in [6, 6.07) is 0. The normalized spacial score (nSPS) is 55.9. The first-order valence-corrected chi connectivity index (χ1v) is 5.42. The zero-order valence-corrected chi connectivity index (χ0v) is 7.92. The summed E-state index contributed by atoms with van der Waals surface area (Å²) >= 11 is 0. The van der Waals surface area contributed by atoms with Gasteiger partial charge in [-0.2, -0.15) is 0 Å². The van der Waals surface area contributed by atoms with Crippen LogP contribution in [0.25, 0.3) is 0 Å². The number of rotatable bonds is 0. The van der Waals surface area contributed by atoms with Crippen molar-refractivity contribution in [1.82, 2.24) is 0 Å². The van der Waals surface area contributed by atoms with E-state index in [1.807, 2.05) is 0 Å². The molecule has 4 rings (SSSR count). The van der Waals surface area contributed by atoms with Crippen LogP contribution in [0.4, 0.5) is 0 Å². The van der Waals surface area contributed by atoms with E-state index >= 15 is 0 Å². The topological polar surface area (TPSA) is 0 Å². The summed E-state index contributed by atoms with van der Waals surface area (Å²) in [6.07, 6.45) is 12.5. The Hall–Kier alpha value is -0.260. The maximum Gasteiger partial charge on any atom is -0.0226 e. The third kappa shape index (κ3) is 0.967. The molecule has 0 saturated heterocycles. The smallest absolute Gasteiger partial charge is 0.0226 e. The first-order chi connectivity index (χ1) is 5.73. The Morgan fingerprint density at radius 2 is 1.58 bits per heavy atom. The summed E-state index contributed by atoms with van der Waals surface area (Å²) in [5.74, 6) is 2.96. The Kier molecular flexibility index (Phi) is 1.29. The first-order valence-electron chi connectivity index (χ1n) is 5.42. The van der Waals surface area contributed by atoms with E-state index in [0.717, 1.165) is 23.2 Å². The van der Waals surface area contributed by atoms with E-state index in [9.17, 15) is 0 Å². The second kappa shape index (κ2) is 2.16. The van der Waals surface area contributed by atoms with Gasteiger partial charge < -0.3 is 0 Å². The van der Waals surface area contributed by atoms with Crippen LogP contribution in [0.2, 0.25) is 0 Å². The van der Waals surface area contributed by atoms with Crippen LogP contribution in [-0.2, 0) is 0 Å². The molecule has 0 aromatic rings. The minimum absolute atomic E-state index is 0.722. The van der Waals surface area contributed by atoms with Crippen LogP contribution in [0.3, 0.4) is 0 Å². The fourth-order valence-corrected chi connectivity index (χ4v) is 4.11. The van der Waals surface area contributed by atoms with Crippen molar-refractivity contribution < 1.29 is 0 Å². The van der Waals surface area contributed by atoms with Gasteiger partial charge in [-0.1, -0.05) is 19.1 Å². The van der Waals surface area contributed by atoms with E-state index in [2.05, 4.69) is 19.1 Å². The highest BCUT2D eigenvalue weighted by molar-refractivity contribution is 5.08. The third-order valence-corrected chi connectivity index (χ3v) is 4.22. The number of hydrogen-bond acceptors (Lipinski definition) is 0. The van der Waals surface area contributed by atoms with Crippen LogP contribution in [0, 0.1) is 23.2 Å². The minimum Gasteiger partial charge on any atom is -0.0851 e. The molecule has 0 heteroatoms. The molecule has 12 heavy (non-hydrogen) atoms. The van der Waals surface area contributed by atoms with Crippen molar-refractivity contribution in [1.29, 1.82) is 0 Å². The summed E-state index contributed by atoms with van der Waals surface area (Å²) in [7, 11) is 0. The Balaban J connectivity index is 2.00. The average molecular weight is 162 g/mol. The zero-order chi connectivity index (χ0) is 8.18. The van der Waals surface area contributed by atoms with Crippen molar-refractivity contribution in [2.45, 2.75) is 39.0 Å². The Morgan fingerprint density at radius 3 is 2.08 bits per heavy atom. The molecule has 0 radical (unpaired) electrons. The van der Waals surface area contributed by atoms with Crippen LogP contribution in [0.5, 0.6) is 0 Å². The van der Waals surface area contributed by atoms with Crippen LogP contribution in [0.15, 0.2) is 12.2 Å². The zero-order valence-electron chi connectivity index (χ0n) is 7.92. The van der Waals surface area contributed by atoms with Gasteiger partial charge in [0.15, 0.2) is 0 Å². The molecule has 0 nitrogen and oxygen atoms in total. The van der Waals surface area contributed by atoms with Crippen molar-refractivity contribution in [3.63, 3.8) is 0 Å². The molecule has 0 aromatic carbocycles. The molecule has 0 spiro atoms. The molecule has 2 unspecified atom stereocenters. The predicted molar refractivity (Wildman–Crippen MR) is 50.8 cm³/mol. The van der Waals surface area contributed by atoms with Gasteiger partial charge in [0, 0.05) is 0 Å². The van der Waals surface area contributed by atoms with Crippen LogP contribution in [-0.4, -0.2) is 0 Å². The highest BCUT2D eigenvalue weighted by Gasteiger charge is 2.43. The van der Waals surface area contributed by atoms with Gasteiger partial charge in [0.25, 0.3) is 0 Å². The minimum atomic E-state index is 0.722. The highest BCUT2D eigenvalue weighted by atomic mass is 14.5. The molecule has 4 bridgehead atoms. The van der Waals surface area contributed by atoms with Gasteiger partial charge in [-0.05, 0) is 55.3 Å². The molecular formula is C12H18. The van der Waals surface area contributed by atoms with Gasteiger partial charge in [-0.15, -0.1) is 0 Å². The van der Waals surface area contributed by atoms with Crippen molar-refractivity contribution >= 4 is 0 Å². The molecule has 0 aromatic heterocycles. The van der Waals surface area contributed by atoms with Crippen LogP contribution in [0.1, 0.15) is 39.0 Å². The first kappa shape index (κ1) is 7.17. The third-order valence-electron chi connectivity index (χ3n) is 4.22. The van der Waals surface area contributed by atoms with Crippen molar-refractivity contribution in [2.75, 3.05) is 0 Å². The van der Waals surface area contributed by atoms with Gasteiger partial charge in [-0.25, -0.2) is 0 Å². The fourth-order valence-electron chi connectivity index (χ4n) is 4.11. The van der Waals surface area contributed by atoms with E-state index < -0.39 is 0 Å². The lowest BCUT2D eigenvalue weighted by Crippen LogP contribution is -2.35. The molecule has 66 valence electrons. The SMILES string of the molecule is CC12CC3C=CC(CC(C3)C1)C2. The molecule has 2 atom stereocenters. The Morgan fingerprint density at radius 1 is 1.00 bits per heavy atom. The summed E-state index contributed by atoms with van der Waals surface area (Å²) in [4.78, 5) is 0. The predicted octanol–water partition coefficient (Wildman–Crippen LogP) is 3.39. The largest absolute Gasteiger partial charge is 0.0851 e. The molecule has 2 fully saturated rings. The van der Waals surface area contributed by atoms with E-state index in [0.29, 0.717) is 0 Å². The fraction of sp³-hybridized carbons (Fsp3) is 0.833. The maximum atomic E-state index is 2.52. The van der Waals surface area contributed by atoms with Crippen molar-refractivity contribution in [3.05, 3.63) is 12.2 Å². The summed E-state index contributed by atoms with van der Waals surface area (Å²) in [5.41, 5.74) is 0.722. The lowest BCUT2D eigenvalue weighted by Gasteiger charge is -2.46. The molecule has 0 amide bonds. The molecule has 0 aliphatic heterocycles. The van der Waals surface area contributed by atoms with Crippen LogP contribution < -0.4 is 0 Å². The van der Waals surface area contributed by atoms with Gasteiger partial charge in [-0.3, -0.25) is 0 Å². The molecule has 0 N–H and O–H groups in total. The Labute approximate surface area is 75.0 Å². The van der Waals surface area contributed by atoms with E-state index in [4.69, 9.17) is 0 Å². The lowest BCUT2D eigenvalue weighted by molar-refractivity contribution is 0.0579. The quantitative estimate of drug-likeness (QED) is 0.479. The molecule has 0 heterocycles. The second-order valence-corrected chi connectivity index (χ2v) is 5.67. The molecule has 4 aliphatic rings. The lowest BCUT2D eigenvalue weighted by atomic mass is 9.59. The van der Waals surface area contributed by atoms with Crippen molar-refractivity contribution in [2.24, 2.45) is 23.2 Å². The monoisotopic (exact) mass is 162 g/mol. The van der Waals surface area contributed by atoms with Gasteiger partial charge in [0.2, 0.25) is 0 Å². The number of allylic oxidation sites excluding steroid dienone is 2. The van der Waals surface area contributed by atoms with E-state index in [-0.39, 0.29) is 0 Å². The Bertz CT molecular complexity index is 208. The van der Waals surface area contributed by atoms with Gasteiger partial charge in [0.05, 0.1) is 0 Å². The van der Waals surface area contributed by atoms with Crippen LogP contribution >= 0.6 is 0 Å². The van der Waals surface area contributed by atoms with E-state index in [1.165, 1.54) is 32.1 Å². The molecule has 2 saturated carbocycles. The highest BCUT2D eigenvalue weighted by Crippen LogP contribution is 2.55. The summed E-state index contributed by atoms with van der Waals surface area (Å²) in [6.45, 7) is 2.52.